The fourth-order valence-electron chi connectivity index (χ4n) is 5.54. The number of fused-ring (bicyclic) bond motifs is 5. The molecule has 2 fully saturated rings. The second kappa shape index (κ2) is 8.67. The highest BCUT2D eigenvalue weighted by Crippen LogP contribution is 2.49. The van der Waals surface area contributed by atoms with Gasteiger partial charge in [0.1, 0.15) is 6.04 Å². The Morgan fingerprint density at radius 3 is 2.30 bits per heavy atom. The van der Waals surface area contributed by atoms with Crippen LogP contribution in [0.4, 0.5) is 22.7 Å². The van der Waals surface area contributed by atoms with Gasteiger partial charge in [-0.05, 0) is 48.0 Å². The summed E-state index contributed by atoms with van der Waals surface area (Å²) < 4.78 is 0.814. The van der Waals surface area contributed by atoms with E-state index >= 15 is 0 Å². The number of nitrogens with zero attached hydrogens (tertiary/aromatic N) is 3. The average Bonchev–Trinajstić information content (AvgIpc) is 3.38. The normalized spacial score (nSPS) is 23.5. The number of nitro benzene ring substituents is 1. The molecule has 0 radical (unpaired) electrons. The van der Waals surface area contributed by atoms with Crippen molar-refractivity contribution in [2.45, 2.75) is 12.1 Å². The SMILES string of the molecule is O=C(Nc1ccc([N+](=O)[O-])cc1)C1C2C(=O)N(c3ccc(Br)cc3)C(=O)C2C2C=Cc3ccccc3N21. The molecular formula is C27H19BrN4O5. The van der Waals surface area contributed by atoms with Crippen molar-refractivity contribution in [2.75, 3.05) is 15.1 Å². The third-order valence-corrected chi connectivity index (χ3v) is 7.64. The van der Waals surface area contributed by atoms with Crippen LogP contribution in [0.1, 0.15) is 5.56 Å². The lowest BCUT2D eigenvalue weighted by molar-refractivity contribution is -0.384. The van der Waals surface area contributed by atoms with Gasteiger partial charge in [0.25, 0.3) is 5.69 Å². The molecule has 0 aliphatic carbocycles. The second-order valence-electron chi connectivity index (χ2n) is 9.09. The number of amides is 3. The molecule has 3 aliphatic rings. The first-order chi connectivity index (χ1) is 17.8. The quantitative estimate of drug-likeness (QED) is 0.288. The summed E-state index contributed by atoms with van der Waals surface area (Å²) in [5, 5.41) is 13.8. The van der Waals surface area contributed by atoms with E-state index in [2.05, 4.69) is 21.2 Å². The Hall–Kier alpha value is -4.31. The van der Waals surface area contributed by atoms with Crippen LogP contribution in [0.15, 0.2) is 83.3 Å². The van der Waals surface area contributed by atoms with E-state index in [0.29, 0.717) is 11.4 Å². The molecule has 1 N–H and O–H groups in total. The predicted molar refractivity (Wildman–Crippen MR) is 141 cm³/mol. The minimum absolute atomic E-state index is 0.101. The molecule has 3 amide bonds. The number of para-hydroxylation sites is 1. The van der Waals surface area contributed by atoms with Gasteiger partial charge in [0.15, 0.2) is 0 Å². The van der Waals surface area contributed by atoms with E-state index in [-0.39, 0.29) is 11.6 Å². The van der Waals surface area contributed by atoms with Crippen LogP contribution in [-0.4, -0.2) is 34.7 Å². The van der Waals surface area contributed by atoms with Gasteiger partial charge in [-0.1, -0.05) is 46.3 Å². The predicted octanol–water partition coefficient (Wildman–Crippen LogP) is 4.39. The zero-order valence-corrected chi connectivity index (χ0v) is 20.7. The van der Waals surface area contributed by atoms with Gasteiger partial charge in [-0.3, -0.25) is 24.5 Å². The number of hydrogen-bond acceptors (Lipinski definition) is 6. The van der Waals surface area contributed by atoms with Gasteiger partial charge in [-0.2, -0.15) is 0 Å². The van der Waals surface area contributed by atoms with Crippen LogP contribution in [0, 0.1) is 22.0 Å². The van der Waals surface area contributed by atoms with E-state index in [9.17, 15) is 24.5 Å². The number of non-ortho nitro benzene ring substituents is 1. The van der Waals surface area contributed by atoms with Crippen LogP contribution in [0.5, 0.6) is 0 Å². The van der Waals surface area contributed by atoms with Crippen molar-refractivity contribution in [3.63, 3.8) is 0 Å². The molecule has 184 valence electrons. The minimum Gasteiger partial charge on any atom is -0.351 e. The summed E-state index contributed by atoms with van der Waals surface area (Å²) in [6, 6.07) is 18.5. The Bertz CT molecular complexity index is 1490. The summed E-state index contributed by atoms with van der Waals surface area (Å²) in [6.07, 6.45) is 3.81. The summed E-state index contributed by atoms with van der Waals surface area (Å²) in [6.45, 7) is 0. The van der Waals surface area contributed by atoms with Gasteiger partial charge >= 0.3 is 0 Å². The first-order valence-corrected chi connectivity index (χ1v) is 12.4. The van der Waals surface area contributed by atoms with Crippen molar-refractivity contribution in [1.29, 1.82) is 0 Å². The highest BCUT2D eigenvalue weighted by atomic mass is 79.9. The van der Waals surface area contributed by atoms with Crippen molar-refractivity contribution in [3.8, 4) is 0 Å². The van der Waals surface area contributed by atoms with Gasteiger partial charge in [-0.15, -0.1) is 0 Å². The summed E-state index contributed by atoms with van der Waals surface area (Å²) in [7, 11) is 0. The number of anilines is 3. The van der Waals surface area contributed by atoms with Crippen LogP contribution < -0.4 is 15.1 Å². The fourth-order valence-corrected chi connectivity index (χ4v) is 5.81. The molecule has 3 aromatic rings. The minimum atomic E-state index is -0.965. The number of imide groups is 1. The number of halogens is 1. The lowest BCUT2D eigenvalue weighted by Gasteiger charge is -2.36. The Labute approximate surface area is 219 Å². The van der Waals surface area contributed by atoms with Crippen LogP contribution in [0.25, 0.3) is 6.08 Å². The molecule has 0 bridgehead atoms. The van der Waals surface area contributed by atoms with Crippen molar-refractivity contribution >= 4 is 62.5 Å². The maximum absolute atomic E-state index is 13.8. The maximum atomic E-state index is 13.8. The van der Waals surface area contributed by atoms with E-state index in [1.54, 1.807) is 24.3 Å². The molecule has 4 unspecified atom stereocenters. The van der Waals surface area contributed by atoms with Gasteiger partial charge in [-0.25, -0.2) is 4.90 Å². The summed E-state index contributed by atoms with van der Waals surface area (Å²) >= 11 is 3.37. The zero-order chi connectivity index (χ0) is 25.8. The van der Waals surface area contributed by atoms with Crippen molar-refractivity contribution in [3.05, 3.63) is 99.0 Å². The first-order valence-electron chi connectivity index (χ1n) is 11.6. The van der Waals surface area contributed by atoms with Crippen molar-refractivity contribution < 1.29 is 19.3 Å². The number of benzene rings is 3. The maximum Gasteiger partial charge on any atom is 0.269 e. The summed E-state index contributed by atoms with van der Waals surface area (Å²) in [5.41, 5.74) is 2.36. The molecule has 0 saturated carbocycles. The third-order valence-electron chi connectivity index (χ3n) is 7.11. The van der Waals surface area contributed by atoms with Crippen molar-refractivity contribution in [1.82, 2.24) is 0 Å². The van der Waals surface area contributed by atoms with Gasteiger partial charge in [0, 0.05) is 28.0 Å². The Morgan fingerprint density at radius 1 is 0.919 bits per heavy atom. The fraction of sp³-hybridized carbons (Fsp3) is 0.148. The first kappa shape index (κ1) is 23.1. The van der Waals surface area contributed by atoms with Gasteiger partial charge < -0.3 is 10.2 Å². The number of carbonyl (C=O) groups excluding carboxylic acids is 3. The molecule has 0 aromatic heterocycles. The number of nitro groups is 1. The third kappa shape index (κ3) is 3.63. The van der Waals surface area contributed by atoms with Crippen LogP contribution in [0.2, 0.25) is 0 Å². The van der Waals surface area contributed by atoms with E-state index in [1.807, 2.05) is 41.3 Å². The van der Waals surface area contributed by atoms with E-state index in [1.165, 1.54) is 29.2 Å². The molecule has 9 nitrogen and oxygen atoms in total. The smallest absolute Gasteiger partial charge is 0.269 e. The van der Waals surface area contributed by atoms with Crippen LogP contribution in [-0.2, 0) is 14.4 Å². The molecule has 37 heavy (non-hydrogen) atoms. The highest BCUT2D eigenvalue weighted by Gasteiger charge is 2.64. The molecule has 2 saturated heterocycles. The second-order valence-corrected chi connectivity index (χ2v) is 10.0. The van der Waals surface area contributed by atoms with E-state index in [4.69, 9.17) is 0 Å². The molecular weight excluding hydrogens is 540 g/mol. The Balaban J connectivity index is 1.40. The molecule has 3 heterocycles. The number of nitrogens with one attached hydrogen (secondary N) is 1. The number of rotatable bonds is 4. The van der Waals surface area contributed by atoms with Gasteiger partial charge in [0.2, 0.25) is 17.7 Å². The molecule has 0 spiro atoms. The lowest BCUT2D eigenvalue weighted by atomic mass is 9.88. The van der Waals surface area contributed by atoms with Crippen LogP contribution >= 0.6 is 15.9 Å². The molecule has 10 heteroatoms. The van der Waals surface area contributed by atoms with Gasteiger partial charge in [0.05, 0.1) is 28.5 Å². The Kier molecular flexibility index (Phi) is 5.41. The molecule has 3 aromatic carbocycles. The molecule has 4 atom stereocenters. The van der Waals surface area contributed by atoms with E-state index < -0.39 is 40.7 Å². The Morgan fingerprint density at radius 2 is 1.59 bits per heavy atom. The van der Waals surface area contributed by atoms with Crippen molar-refractivity contribution in [2.24, 2.45) is 11.8 Å². The average molecular weight is 559 g/mol. The van der Waals surface area contributed by atoms with E-state index in [0.717, 1.165) is 15.7 Å². The topological polar surface area (TPSA) is 113 Å². The molecule has 3 aliphatic heterocycles. The molecule has 6 rings (SSSR count). The van der Waals surface area contributed by atoms with Crippen LogP contribution in [0.3, 0.4) is 0 Å². The highest BCUT2D eigenvalue weighted by molar-refractivity contribution is 9.10. The number of hydrogen-bond donors (Lipinski definition) is 1. The largest absolute Gasteiger partial charge is 0.351 e. The number of carbonyl (C=O) groups is 3. The zero-order valence-electron chi connectivity index (χ0n) is 19.2. The summed E-state index contributed by atoms with van der Waals surface area (Å²) in [5.74, 6) is -2.89. The standard InChI is InChI=1S/C27H19BrN4O5/c28-16-6-10-18(11-7-16)30-26(34)22-21-14-5-15-3-1-2-4-20(15)31(21)24(23(22)27(30)35)25(33)29-17-8-12-19(13-9-17)32(36)37/h1-14,21-24H,(H,29,33). The lowest BCUT2D eigenvalue weighted by Crippen LogP contribution is -2.50. The monoisotopic (exact) mass is 558 g/mol. The summed E-state index contributed by atoms with van der Waals surface area (Å²) in [4.78, 5) is 54.8.